The average Bonchev–Trinajstić information content (AvgIpc) is 2.89. The lowest BCUT2D eigenvalue weighted by molar-refractivity contribution is 0.0953. The van der Waals surface area contributed by atoms with Gasteiger partial charge < -0.3 is 9.88 Å². The molecule has 6 heteroatoms. The van der Waals surface area contributed by atoms with Crippen molar-refractivity contribution in [2.24, 2.45) is 0 Å². The number of nitrogens with zero attached hydrogens (tertiary/aromatic N) is 2. The number of hydrogen-bond acceptors (Lipinski definition) is 2. The fourth-order valence-corrected chi connectivity index (χ4v) is 3.08. The summed E-state index contributed by atoms with van der Waals surface area (Å²) in [6.45, 7) is 3.33. The van der Waals surface area contributed by atoms with E-state index < -0.39 is 0 Å². The van der Waals surface area contributed by atoms with Gasteiger partial charge in [0, 0.05) is 13.1 Å². The van der Waals surface area contributed by atoms with E-state index in [0.717, 1.165) is 29.8 Å². The highest BCUT2D eigenvalue weighted by atomic mass is 35.5. The summed E-state index contributed by atoms with van der Waals surface area (Å²) < 4.78 is 2.16. The molecular weight excluding hydrogens is 345 g/mol. The van der Waals surface area contributed by atoms with Crippen LogP contribution in [0.3, 0.4) is 0 Å². The van der Waals surface area contributed by atoms with Crippen molar-refractivity contribution in [2.45, 2.75) is 19.9 Å². The van der Waals surface area contributed by atoms with Crippen molar-refractivity contribution in [3.05, 3.63) is 63.9 Å². The van der Waals surface area contributed by atoms with Gasteiger partial charge in [0.15, 0.2) is 0 Å². The number of aromatic nitrogens is 2. The molecule has 0 saturated carbocycles. The predicted octanol–water partition coefficient (Wildman–Crippen LogP) is 4.47. The maximum Gasteiger partial charge on any atom is 0.252 e. The summed E-state index contributed by atoms with van der Waals surface area (Å²) in [7, 11) is 0. The summed E-state index contributed by atoms with van der Waals surface area (Å²) in [5, 5.41) is 3.55. The fourth-order valence-electron chi connectivity index (χ4n) is 2.69. The quantitative estimate of drug-likeness (QED) is 0.681. The minimum atomic E-state index is -0.213. The zero-order valence-electron chi connectivity index (χ0n) is 13.2. The molecule has 3 rings (SSSR count). The summed E-state index contributed by atoms with van der Waals surface area (Å²) in [5.74, 6) is 0.759. The zero-order valence-corrected chi connectivity index (χ0v) is 14.7. The third-order valence-electron chi connectivity index (χ3n) is 3.89. The highest BCUT2D eigenvalue weighted by Gasteiger charge is 2.12. The Hall–Kier alpha value is -2.04. The summed E-state index contributed by atoms with van der Waals surface area (Å²) in [4.78, 5) is 16.7. The molecule has 0 spiro atoms. The SMILES string of the molecule is Cc1nc2ccccc2n1CCCNC(=O)c1cccc(Cl)c1Cl. The first kappa shape index (κ1) is 16.8. The molecule has 0 saturated heterocycles. The fraction of sp³-hybridized carbons (Fsp3) is 0.222. The van der Waals surface area contributed by atoms with Gasteiger partial charge in [-0.15, -0.1) is 0 Å². The van der Waals surface area contributed by atoms with Crippen LogP contribution in [-0.4, -0.2) is 22.0 Å². The number of halogens is 2. The number of carbonyl (C=O) groups excluding carboxylic acids is 1. The Morgan fingerprint density at radius 2 is 1.96 bits per heavy atom. The molecule has 1 heterocycles. The molecule has 0 bridgehead atoms. The second kappa shape index (κ2) is 7.24. The van der Waals surface area contributed by atoms with Crippen LogP contribution in [0.2, 0.25) is 10.0 Å². The molecule has 1 aromatic heterocycles. The van der Waals surface area contributed by atoms with Gasteiger partial charge in [0.1, 0.15) is 5.82 Å². The van der Waals surface area contributed by atoms with Crippen molar-refractivity contribution in [3.63, 3.8) is 0 Å². The molecular formula is C18H17Cl2N3O. The summed E-state index contributed by atoms with van der Waals surface area (Å²) in [5.41, 5.74) is 2.50. The molecule has 3 aromatic rings. The van der Waals surface area contributed by atoms with Crippen LogP contribution in [0.25, 0.3) is 11.0 Å². The molecule has 1 N–H and O–H groups in total. The Morgan fingerprint density at radius 1 is 1.17 bits per heavy atom. The number of imidazole rings is 1. The van der Waals surface area contributed by atoms with Crippen LogP contribution in [-0.2, 0) is 6.54 Å². The zero-order chi connectivity index (χ0) is 17.1. The molecule has 0 unspecified atom stereocenters. The maximum absolute atomic E-state index is 12.2. The van der Waals surface area contributed by atoms with Crippen LogP contribution in [0.4, 0.5) is 0 Å². The van der Waals surface area contributed by atoms with E-state index in [1.807, 2.05) is 25.1 Å². The number of aryl methyl sites for hydroxylation is 2. The van der Waals surface area contributed by atoms with Crippen LogP contribution in [0.15, 0.2) is 42.5 Å². The number of amides is 1. The minimum Gasteiger partial charge on any atom is -0.352 e. The van der Waals surface area contributed by atoms with E-state index in [-0.39, 0.29) is 10.9 Å². The van der Waals surface area contributed by atoms with Crippen molar-refractivity contribution in [2.75, 3.05) is 6.54 Å². The summed E-state index contributed by atoms with van der Waals surface area (Å²) in [6, 6.07) is 13.1. The van der Waals surface area contributed by atoms with Crippen molar-refractivity contribution < 1.29 is 4.79 Å². The Morgan fingerprint density at radius 3 is 2.79 bits per heavy atom. The topological polar surface area (TPSA) is 46.9 Å². The lowest BCUT2D eigenvalue weighted by atomic mass is 10.2. The summed E-state index contributed by atoms with van der Waals surface area (Å²) in [6.07, 6.45) is 0.797. The molecule has 0 atom stereocenters. The minimum absolute atomic E-state index is 0.213. The van der Waals surface area contributed by atoms with Gasteiger partial charge in [-0.3, -0.25) is 4.79 Å². The number of nitrogens with one attached hydrogen (secondary N) is 1. The molecule has 124 valence electrons. The van der Waals surface area contributed by atoms with Crippen molar-refractivity contribution in [3.8, 4) is 0 Å². The normalized spacial score (nSPS) is 11.0. The van der Waals surface area contributed by atoms with E-state index in [4.69, 9.17) is 23.2 Å². The predicted molar refractivity (Wildman–Crippen MR) is 97.9 cm³/mol. The van der Waals surface area contributed by atoms with Gasteiger partial charge >= 0.3 is 0 Å². The number of hydrogen-bond donors (Lipinski definition) is 1. The monoisotopic (exact) mass is 361 g/mol. The van der Waals surface area contributed by atoms with E-state index in [2.05, 4.69) is 20.9 Å². The molecule has 0 aliphatic rings. The van der Waals surface area contributed by atoms with Gasteiger partial charge in [0.25, 0.3) is 5.91 Å². The van der Waals surface area contributed by atoms with Crippen LogP contribution < -0.4 is 5.32 Å². The van der Waals surface area contributed by atoms with Gasteiger partial charge in [-0.25, -0.2) is 4.98 Å². The second-order valence-corrected chi connectivity index (χ2v) is 6.30. The van der Waals surface area contributed by atoms with Crippen LogP contribution in [0.5, 0.6) is 0 Å². The molecule has 24 heavy (non-hydrogen) atoms. The Balaban J connectivity index is 1.60. The highest BCUT2D eigenvalue weighted by Crippen LogP contribution is 2.25. The number of fused-ring (bicyclic) bond motifs is 1. The van der Waals surface area contributed by atoms with Crippen LogP contribution in [0, 0.1) is 6.92 Å². The Bertz CT molecular complexity index is 889. The third kappa shape index (κ3) is 3.40. The number of rotatable bonds is 5. The second-order valence-electron chi connectivity index (χ2n) is 5.51. The van der Waals surface area contributed by atoms with Crippen LogP contribution >= 0.6 is 23.2 Å². The Kier molecular flexibility index (Phi) is 5.07. The first-order valence-corrected chi connectivity index (χ1v) is 8.47. The van der Waals surface area contributed by atoms with E-state index in [1.54, 1.807) is 18.2 Å². The first-order chi connectivity index (χ1) is 11.6. The van der Waals surface area contributed by atoms with Crippen LogP contribution in [0.1, 0.15) is 22.6 Å². The van der Waals surface area contributed by atoms with E-state index in [1.165, 1.54) is 0 Å². The molecule has 0 fully saturated rings. The maximum atomic E-state index is 12.2. The van der Waals surface area contributed by atoms with E-state index in [9.17, 15) is 4.79 Å². The number of carbonyl (C=O) groups is 1. The largest absolute Gasteiger partial charge is 0.352 e. The van der Waals surface area contributed by atoms with Gasteiger partial charge in [-0.05, 0) is 37.6 Å². The highest BCUT2D eigenvalue weighted by molar-refractivity contribution is 6.43. The van der Waals surface area contributed by atoms with Crippen molar-refractivity contribution >= 4 is 40.1 Å². The molecule has 2 aromatic carbocycles. The number of para-hydroxylation sites is 2. The molecule has 0 aliphatic heterocycles. The standard InChI is InChI=1S/C18H17Cl2N3O/c1-12-22-15-8-2-3-9-16(15)23(12)11-5-10-21-18(24)13-6-4-7-14(19)17(13)20/h2-4,6-9H,5,10-11H2,1H3,(H,21,24). The van der Waals surface area contributed by atoms with Gasteiger partial charge in [-0.1, -0.05) is 41.4 Å². The summed E-state index contributed by atoms with van der Waals surface area (Å²) >= 11 is 12.0. The van der Waals surface area contributed by atoms with Gasteiger partial charge in [0.05, 0.1) is 26.6 Å². The lowest BCUT2D eigenvalue weighted by Gasteiger charge is -2.09. The Labute approximate surface area is 150 Å². The van der Waals surface area contributed by atoms with Gasteiger partial charge in [-0.2, -0.15) is 0 Å². The smallest absolute Gasteiger partial charge is 0.252 e. The molecule has 0 radical (unpaired) electrons. The van der Waals surface area contributed by atoms with Crippen molar-refractivity contribution in [1.82, 2.24) is 14.9 Å². The lowest BCUT2D eigenvalue weighted by Crippen LogP contribution is -2.25. The van der Waals surface area contributed by atoms with Crippen molar-refractivity contribution in [1.29, 1.82) is 0 Å². The molecule has 0 aliphatic carbocycles. The molecule has 1 amide bonds. The third-order valence-corrected chi connectivity index (χ3v) is 4.70. The molecule has 4 nitrogen and oxygen atoms in total. The van der Waals surface area contributed by atoms with Gasteiger partial charge in [0.2, 0.25) is 0 Å². The first-order valence-electron chi connectivity index (χ1n) is 7.72. The van der Waals surface area contributed by atoms with E-state index >= 15 is 0 Å². The average molecular weight is 362 g/mol. The van der Waals surface area contributed by atoms with E-state index in [0.29, 0.717) is 17.1 Å². The number of benzene rings is 2.